The number of allylic oxidation sites excluding steroid dienone is 1. The minimum atomic E-state index is -2.97. The number of imide groups is 3. The van der Waals surface area contributed by atoms with Crippen LogP contribution in [0.4, 0.5) is 4.79 Å². The molecular formula is C45H47NO7Si. The molecule has 0 aromatic heterocycles. The standard InChI is InChI=1S/C45H47NO7Si/c1-45(2,3)54(35-16-10-6-11-17-35,36-18-12-7-13-19-36)53-28-33-27-37-41(43(49)46(42(37)48)44(50)51-4)38-29-52-39(40(33)38)25-22-32(31-14-8-5-9-15-31)26-30-20-23-34(47)24-21-30/h5-21,23-24,26,37-39,41,47H,22,25,27-29H2,1-4H3/b32-26-/t37-,38+,39-,41-/m1/s1. The number of hydrogen-bond donors (Lipinski definition) is 1. The molecule has 3 amide bonds. The molecule has 2 heterocycles. The third-order valence-corrected chi connectivity index (χ3v) is 16.3. The molecule has 2 saturated heterocycles. The summed E-state index contributed by atoms with van der Waals surface area (Å²) in [4.78, 5) is 41.2. The molecule has 278 valence electrons. The number of benzene rings is 4. The third kappa shape index (κ3) is 6.88. The molecule has 1 N–H and O–H groups in total. The quantitative estimate of drug-likeness (QED) is 0.0784. The second-order valence-electron chi connectivity index (χ2n) is 15.4. The van der Waals surface area contributed by atoms with Gasteiger partial charge in [0.1, 0.15) is 5.75 Å². The zero-order valence-electron chi connectivity index (χ0n) is 31.2. The molecule has 0 bridgehead atoms. The summed E-state index contributed by atoms with van der Waals surface area (Å²) in [6.45, 7) is 7.22. The van der Waals surface area contributed by atoms with Gasteiger partial charge in [-0.1, -0.05) is 130 Å². The Kier molecular flexibility index (Phi) is 10.6. The van der Waals surface area contributed by atoms with Crippen LogP contribution < -0.4 is 10.4 Å². The van der Waals surface area contributed by atoms with E-state index in [-0.39, 0.29) is 36.0 Å². The number of phenols is 1. The summed E-state index contributed by atoms with van der Waals surface area (Å²) < 4.78 is 18.9. The van der Waals surface area contributed by atoms with E-state index in [1.165, 1.54) is 7.11 Å². The smallest absolute Gasteiger partial charge is 0.423 e. The van der Waals surface area contributed by atoms with Gasteiger partial charge in [0.05, 0.1) is 38.3 Å². The minimum absolute atomic E-state index is 0.208. The average molecular weight is 742 g/mol. The van der Waals surface area contributed by atoms with E-state index in [1.807, 2.05) is 42.5 Å². The van der Waals surface area contributed by atoms with Crippen molar-refractivity contribution in [3.8, 4) is 5.75 Å². The molecule has 3 aliphatic rings. The first-order valence-corrected chi connectivity index (χ1v) is 20.5. The van der Waals surface area contributed by atoms with Crippen molar-refractivity contribution < 1.29 is 33.4 Å². The Balaban J connectivity index is 1.29. The number of ether oxygens (including phenoxy) is 2. The van der Waals surface area contributed by atoms with Gasteiger partial charge in [0.2, 0.25) is 11.8 Å². The first-order chi connectivity index (χ1) is 26.0. The number of methoxy groups -OCH3 is 1. The van der Waals surface area contributed by atoms with E-state index in [2.05, 4.69) is 87.5 Å². The summed E-state index contributed by atoms with van der Waals surface area (Å²) in [6.07, 6.45) is 2.45. The molecule has 0 radical (unpaired) electrons. The van der Waals surface area contributed by atoms with Crippen LogP contribution in [0.3, 0.4) is 0 Å². The molecule has 4 aromatic rings. The Hall–Kier alpha value is -5.09. The zero-order valence-corrected chi connectivity index (χ0v) is 32.2. The van der Waals surface area contributed by atoms with E-state index in [9.17, 15) is 19.5 Å². The van der Waals surface area contributed by atoms with Crippen molar-refractivity contribution in [3.05, 3.63) is 138 Å². The highest BCUT2D eigenvalue weighted by Crippen LogP contribution is 2.51. The van der Waals surface area contributed by atoms with Gasteiger partial charge in [-0.15, -0.1) is 0 Å². The Bertz CT molecular complexity index is 2020. The molecule has 0 unspecified atom stereocenters. The lowest BCUT2D eigenvalue weighted by atomic mass is 9.69. The predicted octanol–water partition coefficient (Wildman–Crippen LogP) is 7.37. The van der Waals surface area contributed by atoms with Gasteiger partial charge in [-0.25, -0.2) is 4.79 Å². The molecule has 2 aliphatic heterocycles. The van der Waals surface area contributed by atoms with Crippen molar-refractivity contribution in [2.24, 2.45) is 17.8 Å². The Morgan fingerprint density at radius 1 is 0.852 bits per heavy atom. The summed E-state index contributed by atoms with van der Waals surface area (Å²) in [5.74, 6) is -2.63. The number of amides is 3. The van der Waals surface area contributed by atoms with Crippen LogP contribution in [0.2, 0.25) is 5.04 Å². The number of carbonyl (C=O) groups is 3. The van der Waals surface area contributed by atoms with Crippen molar-refractivity contribution in [1.29, 1.82) is 0 Å². The Labute approximate surface area is 318 Å². The fourth-order valence-corrected chi connectivity index (χ4v) is 13.4. The van der Waals surface area contributed by atoms with Gasteiger partial charge in [0.15, 0.2) is 0 Å². The fourth-order valence-electron chi connectivity index (χ4n) is 8.84. The fraction of sp³-hybridized carbons (Fsp3) is 0.311. The highest BCUT2D eigenvalue weighted by Gasteiger charge is 2.59. The second-order valence-corrected chi connectivity index (χ2v) is 19.7. The second kappa shape index (κ2) is 15.3. The highest BCUT2D eigenvalue weighted by molar-refractivity contribution is 6.99. The molecule has 7 rings (SSSR count). The normalized spacial score (nSPS) is 21.6. The number of hydrogen-bond acceptors (Lipinski definition) is 7. The average Bonchev–Trinajstić information content (AvgIpc) is 3.72. The Morgan fingerprint density at radius 2 is 1.44 bits per heavy atom. The van der Waals surface area contributed by atoms with Crippen LogP contribution in [0.1, 0.15) is 51.2 Å². The number of phenolic OH excluding ortho intramolecular Hbond substituents is 1. The maximum atomic E-state index is 13.9. The number of rotatable bonds is 10. The van der Waals surface area contributed by atoms with E-state index < -0.39 is 38.1 Å². The molecule has 54 heavy (non-hydrogen) atoms. The highest BCUT2D eigenvalue weighted by atomic mass is 28.4. The molecule has 1 aliphatic carbocycles. The van der Waals surface area contributed by atoms with Crippen LogP contribution in [0, 0.1) is 17.8 Å². The Morgan fingerprint density at radius 3 is 2.02 bits per heavy atom. The van der Waals surface area contributed by atoms with E-state index in [4.69, 9.17) is 13.9 Å². The molecule has 0 spiro atoms. The maximum absolute atomic E-state index is 13.9. The molecule has 8 nitrogen and oxygen atoms in total. The van der Waals surface area contributed by atoms with Crippen molar-refractivity contribution in [2.45, 2.75) is 51.2 Å². The number of carbonyl (C=O) groups excluding carboxylic acids is 3. The lowest BCUT2D eigenvalue weighted by Crippen LogP contribution is -2.66. The SMILES string of the molecule is COC(=O)N1C(=O)[C@@H]2[C@@H](CC(CO[Si](c3ccccc3)(c3ccccc3)C(C)(C)C)=C3[C@@H](CC/C(=C/c4ccc(O)cc4)c4ccccc4)OC[C@@H]32)C1=O. The third-order valence-electron chi connectivity index (χ3n) is 11.3. The van der Waals surface area contributed by atoms with E-state index in [0.717, 1.165) is 38.2 Å². The zero-order chi connectivity index (χ0) is 38.0. The lowest BCUT2D eigenvalue weighted by molar-refractivity contribution is -0.137. The van der Waals surface area contributed by atoms with Crippen LogP contribution in [0.25, 0.3) is 11.6 Å². The van der Waals surface area contributed by atoms with E-state index in [0.29, 0.717) is 24.2 Å². The largest absolute Gasteiger partial charge is 0.508 e. The van der Waals surface area contributed by atoms with Gasteiger partial charge in [0, 0.05) is 5.92 Å². The topological polar surface area (TPSA) is 102 Å². The van der Waals surface area contributed by atoms with Gasteiger partial charge < -0.3 is 19.0 Å². The van der Waals surface area contributed by atoms with Crippen LogP contribution in [-0.2, 0) is 23.5 Å². The van der Waals surface area contributed by atoms with Gasteiger partial charge in [0.25, 0.3) is 8.32 Å². The molecule has 4 atom stereocenters. The number of likely N-dealkylation sites (tertiary alicyclic amines) is 1. The van der Waals surface area contributed by atoms with Gasteiger partial charge in [-0.2, -0.15) is 4.90 Å². The van der Waals surface area contributed by atoms with Crippen molar-refractivity contribution >= 4 is 48.2 Å². The summed E-state index contributed by atoms with van der Waals surface area (Å²) >= 11 is 0. The number of aromatic hydroxyl groups is 1. The summed E-state index contributed by atoms with van der Waals surface area (Å²) in [5.41, 5.74) is 5.14. The lowest BCUT2D eigenvalue weighted by Gasteiger charge is -2.44. The summed E-state index contributed by atoms with van der Waals surface area (Å²) in [6, 6.07) is 38.2. The van der Waals surface area contributed by atoms with Crippen LogP contribution >= 0.6 is 0 Å². The van der Waals surface area contributed by atoms with E-state index in [1.54, 1.807) is 12.1 Å². The summed E-state index contributed by atoms with van der Waals surface area (Å²) in [7, 11) is -1.78. The van der Waals surface area contributed by atoms with Gasteiger partial charge in [-0.3, -0.25) is 9.59 Å². The molecule has 9 heteroatoms. The van der Waals surface area contributed by atoms with Crippen molar-refractivity contribution in [2.75, 3.05) is 20.3 Å². The number of fused-ring (bicyclic) bond motifs is 3. The monoisotopic (exact) mass is 741 g/mol. The van der Waals surface area contributed by atoms with Crippen LogP contribution in [-0.4, -0.2) is 62.7 Å². The van der Waals surface area contributed by atoms with Crippen LogP contribution in [0.5, 0.6) is 5.75 Å². The first kappa shape index (κ1) is 37.2. The van der Waals surface area contributed by atoms with Crippen molar-refractivity contribution in [1.82, 2.24) is 4.90 Å². The van der Waals surface area contributed by atoms with Gasteiger partial charge in [-0.05, 0) is 74.7 Å². The first-order valence-electron chi connectivity index (χ1n) is 18.6. The summed E-state index contributed by atoms with van der Waals surface area (Å²) in [5, 5.41) is 11.9. The van der Waals surface area contributed by atoms with Gasteiger partial charge >= 0.3 is 6.09 Å². The van der Waals surface area contributed by atoms with Crippen molar-refractivity contribution in [3.63, 3.8) is 0 Å². The molecule has 2 fully saturated rings. The molecule has 4 aromatic carbocycles. The predicted molar refractivity (Wildman–Crippen MR) is 211 cm³/mol. The maximum Gasteiger partial charge on any atom is 0.423 e. The molecule has 0 saturated carbocycles. The number of nitrogens with zero attached hydrogens (tertiary/aromatic N) is 1. The van der Waals surface area contributed by atoms with Crippen LogP contribution in [0.15, 0.2) is 126 Å². The molecular weight excluding hydrogens is 695 g/mol. The van der Waals surface area contributed by atoms with E-state index >= 15 is 0 Å². The minimum Gasteiger partial charge on any atom is -0.508 e.